The van der Waals surface area contributed by atoms with Crippen LogP contribution in [0.15, 0.2) is 28.0 Å². The quantitative estimate of drug-likeness (QED) is 0.627. The van der Waals surface area contributed by atoms with E-state index in [2.05, 4.69) is 0 Å². The first-order valence-corrected chi connectivity index (χ1v) is 9.49. The fourth-order valence-electron chi connectivity index (χ4n) is 1.20. The second kappa shape index (κ2) is 5.29. The van der Waals surface area contributed by atoms with Crippen molar-refractivity contribution in [2.45, 2.75) is 16.7 Å². The normalized spacial score (nSPS) is 13.2. The molecule has 3 N–H and O–H groups in total. The molecule has 1 aromatic carbocycles. The number of benzene rings is 1. The minimum Gasteiger partial charge on any atom is -0.282 e. The largest absolute Gasteiger partial charge is 0.296 e. The van der Waals surface area contributed by atoms with Gasteiger partial charge in [-0.1, -0.05) is 0 Å². The van der Waals surface area contributed by atoms with E-state index in [-0.39, 0.29) is 5.75 Å². The maximum Gasteiger partial charge on any atom is 0.296 e. The Balaban J connectivity index is 3.56. The molecule has 0 aromatic heterocycles. The summed E-state index contributed by atoms with van der Waals surface area (Å²) in [5.74, 6) is -0.363. The molecule has 0 fully saturated rings. The van der Waals surface area contributed by atoms with Gasteiger partial charge in [-0.25, -0.2) is 8.42 Å². The van der Waals surface area contributed by atoms with Gasteiger partial charge in [-0.2, -0.15) is 16.8 Å². The lowest BCUT2D eigenvalue weighted by Gasteiger charge is -2.10. The second-order valence-electron chi connectivity index (χ2n) is 3.61. The maximum absolute atomic E-state index is 11.4. The van der Waals surface area contributed by atoms with Gasteiger partial charge >= 0.3 is 0 Å². The highest BCUT2D eigenvalue weighted by Gasteiger charge is 2.22. The Kier molecular flexibility index (Phi) is 4.46. The standard InChI is InChI=1S/C8H11NO8S3/c1-2-18(10,11)9-7-4-3-6(19(12,13)14)5-8(7)20(15,16)17/h3-5,9H,2H2,1H3,(H,12,13,14)(H,15,16,17). The Bertz CT molecular complexity index is 822. The first kappa shape index (κ1) is 16.8. The van der Waals surface area contributed by atoms with Crippen LogP contribution in [0.3, 0.4) is 0 Å². The maximum atomic E-state index is 11.4. The van der Waals surface area contributed by atoms with E-state index < -0.39 is 45.7 Å². The molecular formula is C8H11NO8S3. The smallest absolute Gasteiger partial charge is 0.282 e. The topological polar surface area (TPSA) is 155 Å². The molecule has 12 heteroatoms. The van der Waals surface area contributed by atoms with Crippen molar-refractivity contribution in [1.29, 1.82) is 0 Å². The summed E-state index contributed by atoms with van der Waals surface area (Å²) in [5.41, 5.74) is -0.526. The second-order valence-corrected chi connectivity index (χ2v) is 8.44. The average Bonchev–Trinajstić information content (AvgIpc) is 2.26. The lowest BCUT2D eigenvalue weighted by Crippen LogP contribution is -2.17. The van der Waals surface area contributed by atoms with Gasteiger partial charge in [0.2, 0.25) is 10.0 Å². The zero-order valence-corrected chi connectivity index (χ0v) is 12.5. The third kappa shape index (κ3) is 4.14. The molecule has 0 aliphatic carbocycles. The molecule has 114 valence electrons. The van der Waals surface area contributed by atoms with Crippen LogP contribution in [0.25, 0.3) is 0 Å². The van der Waals surface area contributed by atoms with Crippen molar-refractivity contribution in [1.82, 2.24) is 0 Å². The number of anilines is 1. The predicted molar refractivity (Wildman–Crippen MR) is 69.2 cm³/mol. The lowest BCUT2D eigenvalue weighted by molar-refractivity contribution is 0.481. The summed E-state index contributed by atoms with van der Waals surface area (Å²) in [5, 5.41) is 0. The van der Waals surface area contributed by atoms with Gasteiger partial charge in [0.1, 0.15) is 4.90 Å². The third-order valence-corrected chi connectivity index (χ3v) is 5.21. The number of hydrogen-bond acceptors (Lipinski definition) is 6. The Morgan fingerprint density at radius 2 is 1.55 bits per heavy atom. The minimum absolute atomic E-state index is 0.363. The highest BCUT2D eigenvalue weighted by Crippen LogP contribution is 2.25. The summed E-state index contributed by atoms with van der Waals surface area (Å²) >= 11 is 0. The summed E-state index contributed by atoms with van der Waals surface area (Å²) in [6.45, 7) is 1.29. The lowest BCUT2D eigenvalue weighted by atomic mass is 10.3. The molecule has 0 radical (unpaired) electrons. The molecule has 0 aliphatic heterocycles. The number of hydrogen-bond donors (Lipinski definition) is 3. The van der Waals surface area contributed by atoms with Gasteiger partial charge in [-0.3, -0.25) is 13.8 Å². The monoisotopic (exact) mass is 345 g/mol. The predicted octanol–water partition coefficient (Wildman–Crippen LogP) is -0.0584. The molecule has 0 aliphatic rings. The molecule has 20 heavy (non-hydrogen) atoms. The van der Waals surface area contributed by atoms with Crippen molar-refractivity contribution in [3.8, 4) is 0 Å². The van der Waals surface area contributed by atoms with Crippen molar-refractivity contribution < 1.29 is 34.4 Å². The Morgan fingerprint density at radius 1 is 1.00 bits per heavy atom. The number of rotatable bonds is 5. The van der Waals surface area contributed by atoms with Crippen LogP contribution in [-0.2, 0) is 30.3 Å². The van der Waals surface area contributed by atoms with Crippen LogP contribution in [0.5, 0.6) is 0 Å². The molecule has 0 atom stereocenters. The SMILES string of the molecule is CCS(=O)(=O)Nc1ccc(S(=O)(=O)O)cc1S(=O)(=O)O. The van der Waals surface area contributed by atoms with Crippen molar-refractivity contribution in [3.63, 3.8) is 0 Å². The molecule has 9 nitrogen and oxygen atoms in total. The molecule has 0 saturated heterocycles. The van der Waals surface area contributed by atoms with E-state index in [1.54, 1.807) is 0 Å². The van der Waals surface area contributed by atoms with E-state index in [9.17, 15) is 25.3 Å². The molecule has 0 amide bonds. The Hall–Kier alpha value is -1.21. The number of sulfonamides is 1. The van der Waals surface area contributed by atoms with Crippen LogP contribution in [0.4, 0.5) is 5.69 Å². The van der Waals surface area contributed by atoms with Crippen molar-refractivity contribution in [2.24, 2.45) is 0 Å². The highest BCUT2D eigenvalue weighted by molar-refractivity contribution is 7.92. The van der Waals surface area contributed by atoms with Crippen molar-refractivity contribution in [3.05, 3.63) is 18.2 Å². The fourth-order valence-corrected chi connectivity index (χ4v) is 3.18. The van der Waals surface area contributed by atoms with Crippen LogP contribution in [0.2, 0.25) is 0 Å². The van der Waals surface area contributed by atoms with Gasteiger partial charge in [0.15, 0.2) is 0 Å². The summed E-state index contributed by atoms with van der Waals surface area (Å²) in [6, 6.07) is 2.04. The van der Waals surface area contributed by atoms with Crippen LogP contribution in [0.1, 0.15) is 6.92 Å². The van der Waals surface area contributed by atoms with Gasteiger partial charge in [0, 0.05) is 0 Å². The Morgan fingerprint density at radius 3 is 1.95 bits per heavy atom. The van der Waals surface area contributed by atoms with Gasteiger partial charge in [-0.15, -0.1) is 0 Å². The van der Waals surface area contributed by atoms with E-state index >= 15 is 0 Å². The zero-order valence-electron chi connectivity index (χ0n) is 10.0. The van der Waals surface area contributed by atoms with Crippen LogP contribution < -0.4 is 4.72 Å². The van der Waals surface area contributed by atoms with Crippen molar-refractivity contribution in [2.75, 3.05) is 10.5 Å². The first-order chi connectivity index (χ1) is 8.87. The van der Waals surface area contributed by atoms with Crippen LogP contribution >= 0.6 is 0 Å². The van der Waals surface area contributed by atoms with Crippen LogP contribution in [0, 0.1) is 0 Å². The third-order valence-electron chi connectivity index (χ3n) is 2.17. The van der Waals surface area contributed by atoms with Crippen molar-refractivity contribution >= 4 is 35.9 Å². The summed E-state index contributed by atoms with van der Waals surface area (Å²) in [6.07, 6.45) is 0. The highest BCUT2D eigenvalue weighted by atomic mass is 32.2. The van der Waals surface area contributed by atoms with Gasteiger partial charge < -0.3 is 0 Å². The van der Waals surface area contributed by atoms with Gasteiger partial charge in [-0.05, 0) is 25.1 Å². The number of nitrogens with one attached hydrogen (secondary N) is 1. The first-order valence-electron chi connectivity index (χ1n) is 4.96. The van der Waals surface area contributed by atoms with Crippen LogP contribution in [-0.4, -0.2) is 40.1 Å². The summed E-state index contributed by atoms with van der Waals surface area (Å²) in [7, 11) is -13.4. The van der Waals surface area contributed by atoms with E-state index in [1.807, 2.05) is 4.72 Å². The molecule has 0 bridgehead atoms. The van der Waals surface area contributed by atoms with E-state index in [4.69, 9.17) is 9.11 Å². The molecule has 0 heterocycles. The molecule has 1 aromatic rings. The average molecular weight is 345 g/mol. The Labute approximate surface area is 116 Å². The molecule has 0 saturated carbocycles. The molecule has 0 spiro atoms. The minimum atomic E-state index is -4.90. The van der Waals surface area contributed by atoms with E-state index in [1.165, 1.54) is 6.92 Å². The summed E-state index contributed by atoms with van der Waals surface area (Å²) in [4.78, 5) is -1.78. The molecule has 1 rings (SSSR count). The van der Waals surface area contributed by atoms with Gasteiger partial charge in [0.25, 0.3) is 20.2 Å². The molecule has 0 unspecified atom stereocenters. The molecular weight excluding hydrogens is 334 g/mol. The van der Waals surface area contributed by atoms with Gasteiger partial charge in [0.05, 0.1) is 16.3 Å². The van der Waals surface area contributed by atoms with E-state index in [0.29, 0.717) is 6.07 Å². The fraction of sp³-hybridized carbons (Fsp3) is 0.250. The zero-order chi connectivity index (χ0) is 15.8. The summed E-state index contributed by atoms with van der Waals surface area (Å²) < 4.78 is 86.5. The van der Waals surface area contributed by atoms with E-state index in [0.717, 1.165) is 12.1 Å².